The summed E-state index contributed by atoms with van der Waals surface area (Å²) in [4.78, 5) is 25.3. The minimum Gasteiger partial charge on any atom is -0.356 e. The third-order valence-electron chi connectivity index (χ3n) is 4.95. The maximum absolute atomic E-state index is 12.6. The first-order valence-electron chi connectivity index (χ1n) is 9.56. The van der Waals surface area contributed by atoms with E-state index in [0.717, 1.165) is 43.5 Å². The molecule has 10 heteroatoms. The van der Waals surface area contributed by atoms with E-state index in [9.17, 15) is 31.2 Å². The maximum atomic E-state index is 12.6. The molecule has 1 aliphatic rings. The van der Waals surface area contributed by atoms with Gasteiger partial charge in [0.1, 0.15) is 0 Å². The number of piperidine rings is 1. The number of carbonyl (C=O) groups is 2. The smallest absolute Gasteiger partial charge is 0.356 e. The fourth-order valence-electron chi connectivity index (χ4n) is 3.17. The third kappa shape index (κ3) is 5.71. The van der Waals surface area contributed by atoms with E-state index in [1.54, 1.807) is 0 Å². The van der Waals surface area contributed by atoms with Gasteiger partial charge >= 0.3 is 5.51 Å². The zero-order valence-corrected chi connectivity index (χ0v) is 17.0. The lowest BCUT2D eigenvalue weighted by Gasteiger charge is -2.31. The number of rotatable bonds is 7. The van der Waals surface area contributed by atoms with Crippen molar-refractivity contribution in [1.82, 2.24) is 10.2 Å². The van der Waals surface area contributed by atoms with Crippen LogP contribution >= 0.6 is 0 Å². The van der Waals surface area contributed by atoms with E-state index >= 15 is 0 Å². The Balaban J connectivity index is 1.92. The summed E-state index contributed by atoms with van der Waals surface area (Å²) in [5.41, 5.74) is -5.29. The van der Waals surface area contributed by atoms with Crippen molar-refractivity contribution in [2.75, 3.05) is 19.6 Å². The average molecular weight is 434 g/mol. The molecule has 1 aliphatic heterocycles. The van der Waals surface area contributed by atoms with Crippen molar-refractivity contribution in [2.24, 2.45) is 5.92 Å². The number of amides is 2. The van der Waals surface area contributed by atoms with Crippen LogP contribution in [-0.2, 0) is 14.6 Å². The molecule has 2 amide bonds. The molecule has 162 valence electrons. The number of unbranched alkanes of at least 4 members (excludes halogenated alkanes) is 2. The van der Waals surface area contributed by atoms with E-state index < -0.39 is 26.1 Å². The molecule has 0 spiro atoms. The molecule has 2 rings (SSSR count). The van der Waals surface area contributed by atoms with Gasteiger partial charge < -0.3 is 10.2 Å². The molecule has 0 saturated carbocycles. The van der Waals surface area contributed by atoms with E-state index in [1.807, 2.05) is 0 Å². The zero-order chi connectivity index (χ0) is 21.7. The number of nitrogens with one attached hydrogen (secondary N) is 1. The average Bonchev–Trinajstić information content (AvgIpc) is 2.70. The molecule has 1 saturated heterocycles. The summed E-state index contributed by atoms with van der Waals surface area (Å²) in [5.74, 6) is -0.586. The van der Waals surface area contributed by atoms with Crippen molar-refractivity contribution in [3.8, 4) is 0 Å². The SMILES string of the molecule is CCCCCNC(=O)C1CCN(C(=O)c2ccc(S(=O)(=O)C(F)(F)F)cc2)CC1. The molecule has 1 heterocycles. The first kappa shape index (κ1) is 23.2. The monoisotopic (exact) mass is 434 g/mol. The largest absolute Gasteiger partial charge is 0.501 e. The summed E-state index contributed by atoms with van der Waals surface area (Å²) in [6.45, 7) is 3.43. The van der Waals surface area contributed by atoms with E-state index in [2.05, 4.69) is 12.2 Å². The van der Waals surface area contributed by atoms with Crippen LogP contribution in [0.3, 0.4) is 0 Å². The fourth-order valence-corrected chi connectivity index (χ4v) is 3.93. The highest BCUT2D eigenvalue weighted by Crippen LogP contribution is 2.30. The van der Waals surface area contributed by atoms with Gasteiger partial charge in [-0.2, -0.15) is 13.2 Å². The second-order valence-electron chi connectivity index (χ2n) is 7.04. The number of hydrogen-bond acceptors (Lipinski definition) is 4. The normalized spacial score (nSPS) is 15.9. The highest BCUT2D eigenvalue weighted by molar-refractivity contribution is 7.92. The van der Waals surface area contributed by atoms with Gasteiger partial charge in [0.15, 0.2) is 0 Å². The molecule has 1 fully saturated rings. The Morgan fingerprint density at radius 3 is 2.21 bits per heavy atom. The van der Waals surface area contributed by atoms with Crippen molar-refractivity contribution in [2.45, 2.75) is 49.4 Å². The van der Waals surface area contributed by atoms with Crippen LogP contribution in [0.15, 0.2) is 29.2 Å². The molecule has 1 N–H and O–H groups in total. The molecular formula is C19H25F3N2O4S. The Kier molecular flexibility index (Phi) is 7.67. The molecule has 0 bridgehead atoms. The minimum absolute atomic E-state index is 0.0186. The van der Waals surface area contributed by atoms with E-state index in [1.165, 1.54) is 4.90 Å². The van der Waals surface area contributed by atoms with E-state index in [-0.39, 0.29) is 17.4 Å². The predicted molar refractivity (Wildman–Crippen MR) is 101 cm³/mol. The Bertz CT molecular complexity index is 815. The minimum atomic E-state index is -5.44. The van der Waals surface area contributed by atoms with Crippen molar-refractivity contribution in [3.05, 3.63) is 29.8 Å². The number of alkyl halides is 3. The highest BCUT2D eigenvalue weighted by Gasteiger charge is 2.46. The molecule has 0 atom stereocenters. The summed E-state index contributed by atoms with van der Waals surface area (Å²) in [6.07, 6.45) is 4.06. The van der Waals surface area contributed by atoms with Crippen LogP contribution in [0.4, 0.5) is 13.2 Å². The Hall–Kier alpha value is -2.10. The highest BCUT2D eigenvalue weighted by atomic mass is 32.2. The van der Waals surface area contributed by atoms with Gasteiger partial charge in [-0.05, 0) is 43.5 Å². The quantitative estimate of drug-likeness (QED) is 0.669. The van der Waals surface area contributed by atoms with Gasteiger partial charge in [-0.3, -0.25) is 9.59 Å². The second-order valence-corrected chi connectivity index (χ2v) is 8.98. The molecule has 1 aromatic carbocycles. The number of benzene rings is 1. The van der Waals surface area contributed by atoms with Crippen molar-refractivity contribution < 1.29 is 31.2 Å². The Morgan fingerprint density at radius 1 is 1.10 bits per heavy atom. The number of halogens is 3. The number of nitrogens with zero attached hydrogens (tertiary/aromatic N) is 1. The van der Waals surface area contributed by atoms with Gasteiger partial charge in [0.25, 0.3) is 15.7 Å². The Labute approximate surface area is 168 Å². The van der Waals surface area contributed by atoms with Crippen molar-refractivity contribution >= 4 is 21.7 Å². The lowest BCUT2D eigenvalue weighted by molar-refractivity contribution is -0.126. The van der Waals surface area contributed by atoms with E-state index in [0.29, 0.717) is 32.5 Å². The summed E-state index contributed by atoms with van der Waals surface area (Å²) < 4.78 is 60.6. The van der Waals surface area contributed by atoms with Gasteiger partial charge in [0.05, 0.1) is 4.90 Å². The zero-order valence-electron chi connectivity index (χ0n) is 16.2. The van der Waals surface area contributed by atoms with Crippen LogP contribution < -0.4 is 5.32 Å². The topological polar surface area (TPSA) is 83.6 Å². The number of hydrogen-bond donors (Lipinski definition) is 1. The number of carbonyl (C=O) groups excluding carboxylic acids is 2. The maximum Gasteiger partial charge on any atom is 0.501 e. The fraction of sp³-hybridized carbons (Fsp3) is 0.579. The van der Waals surface area contributed by atoms with Gasteiger partial charge in [-0.1, -0.05) is 19.8 Å². The summed E-state index contributed by atoms with van der Waals surface area (Å²) in [5, 5.41) is 2.90. The molecule has 0 unspecified atom stereocenters. The van der Waals surface area contributed by atoms with Crippen LogP contribution in [0.25, 0.3) is 0 Å². The summed E-state index contributed by atoms with van der Waals surface area (Å²) in [6, 6.07) is 3.72. The molecule has 0 aliphatic carbocycles. The van der Waals surface area contributed by atoms with Gasteiger partial charge in [0.2, 0.25) is 5.91 Å². The molecule has 6 nitrogen and oxygen atoms in total. The van der Waals surface area contributed by atoms with Crippen LogP contribution in [0.5, 0.6) is 0 Å². The predicted octanol–water partition coefficient (Wildman–Crippen LogP) is 3.14. The number of likely N-dealkylation sites (tertiary alicyclic amines) is 1. The standard InChI is InChI=1S/C19H25F3N2O4S/c1-2-3-4-11-23-17(25)14-9-12-24(13-10-14)18(26)15-5-7-16(8-6-15)29(27,28)19(20,21)22/h5-8,14H,2-4,9-13H2,1H3,(H,23,25). The van der Waals surface area contributed by atoms with Crippen molar-refractivity contribution in [3.63, 3.8) is 0 Å². The lowest BCUT2D eigenvalue weighted by Crippen LogP contribution is -2.43. The summed E-state index contributed by atoms with van der Waals surface area (Å²) in [7, 11) is -5.44. The van der Waals surface area contributed by atoms with Crippen LogP contribution in [0.1, 0.15) is 49.4 Å². The first-order valence-corrected chi connectivity index (χ1v) is 11.0. The van der Waals surface area contributed by atoms with Crippen molar-refractivity contribution in [1.29, 1.82) is 0 Å². The molecular weight excluding hydrogens is 409 g/mol. The van der Waals surface area contributed by atoms with Crippen LogP contribution in [0.2, 0.25) is 0 Å². The molecule has 1 aromatic rings. The molecule has 29 heavy (non-hydrogen) atoms. The lowest BCUT2D eigenvalue weighted by atomic mass is 9.95. The van der Waals surface area contributed by atoms with Gasteiger partial charge in [-0.15, -0.1) is 0 Å². The third-order valence-corrected chi connectivity index (χ3v) is 6.45. The van der Waals surface area contributed by atoms with Gasteiger partial charge in [-0.25, -0.2) is 8.42 Å². The Morgan fingerprint density at radius 2 is 1.69 bits per heavy atom. The first-order chi connectivity index (χ1) is 13.6. The van der Waals surface area contributed by atoms with E-state index in [4.69, 9.17) is 0 Å². The summed E-state index contributed by atoms with van der Waals surface area (Å²) >= 11 is 0. The van der Waals surface area contributed by atoms with Gasteiger partial charge in [0, 0.05) is 31.1 Å². The molecule has 0 aromatic heterocycles. The second kappa shape index (κ2) is 9.60. The van der Waals surface area contributed by atoms with Crippen LogP contribution in [0, 0.1) is 5.92 Å². The van der Waals surface area contributed by atoms with Crippen LogP contribution in [-0.4, -0.2) is 50.3 Å². The molecule has 0 radical (unpaired) electrons. The number of sulfone groups is 1.